The van der Waals surface area contributed by atoms with Gasteiger partial charge in [-0.2, -0.15) is 0 Å². The largest absolute Gasteiger partial charge is 0.481 e. The molecule has 2 aromatic rings. The Hall–Kier alpha value is -2.34. The molecule has 0 radical (unpaired) electrons. The number of fused-ring (bicyclic) bond motifs is 1. The van der Waals surface area contributed by atoms with Crippen molar-refractivity contribution >= 4 is 22.8 Å². The summed E-state index contributed by atoms with van der Waals surface area (Å²) in [5.74, 6) is 0.691. The van der Waals surface area contributed by atoms with Gasteiger partial charge in [0.15, 0.2) is 0 Å². The van der Waals surface area contributed by atoms with Crippen molar-refractivity contribution in [1.29, 1.82) is 0 Å². The Morgan fingerprint density at radius 2 is 1.96 bits per heavy atom. The van der Waals surface area contributed by atoms with Crippen molar-refractivity contribution in [2.75, 3.05) is 13.1 Å². The third-order valence-corrected chi connectivity index (χ3v) is 5.75. The van der Waals surface area contributed by atoms with Crippen LogP contribution >= 0.6 is 0 Å². The number of carboxylic acid groups (broad SMARTS) is 1. The summed E-state index contributed by atoms with van der Waals surface area (Å²) in [5.41, 5.74) is 1.41. The summed E-state index contributed by atoms with van der Waals surface area (Å²) in [7, 11) is 0. The number of carbonyl (C=O) groups excluding carboxylic acids is 1. The van der Waals surface area contributed by atoms with Crippen LogP contribution in [0.2, 0.25) is 0 Å². The monoisotopic (exact) mass is 370 g/mol. The molecule has 2 aliphatic rings. The van der Waals surface area contributed by atoms with Crippen LogP contribution in [0.1, 0.15) is 48.2 Å². The molecule has 1 amide bonds. The molecular formula is C21H26N2O4. The maximum Gasteiger partial charge on any atom is 0.304 e. The van der Waals surface area contributed by atoms with Crippen LogP contribution in [0.15, 0.2) is 28.7 Å². The van der Waals surface area contributed by atoms with Crippen molar-refractivity contribution in [3.63, 3.8) is 0 Å². The van der Waals surface area contributed by atoms with E-state index in [-0.39, 0.29) is 24.4 Å². The van der Waals surface area contributed by atoms with Gasteiger partial charge < -0.3 is 14.8 Å². The van der Waals surface area contributed by atoms with Crippen LogP contribution in [0.5, 0.6) is 0 Å². The number of carboxylic acids is 1. The van der Waals surface area contributed by atoms with Crippen molar-refractivity contribution in [1.82, 2.24) is 10.2 Å². The molecule has 1 aliphatic heterocycles. The molecule has 6 heteroatoms. The van der Waals surface area contributed by atoms with Crippen molar-refractivity contribution < 1.29 is 19.1 Å². The highest BCUT2D eigenvalue weighted by molar-refractivity contribution is 5.97. The molecule has 0 unspecified atom stereocenters. The summed E-state index contributed by atoms with van der Waals surface area (Å²) in [6.07, 6.45) is 4.48. The summed E-state index contributed by atoms with van der Waals surface area (Å²) in [5, 5.41) is 13.2. The predicted molar refractivity (Wildman–Crippen MR) is 102 cm³/mol. The minimum Gasteiger partial charge on any atom is -0.481 e. The average molecular weight is 370 g/mol. The molecule has 2 fully saturated rings. The molecule has 4 rings (SSSR count). The molecular weight excluding hydrogens is 344 g/mol. The lowest BCUT2D eigenvalue weighted by molar-refractivity contribution is -0.138. The number of nitrogens with zero attached hydrogens (tertiary/aromatic N) is 1. The second-order valence-corrected chi connectivity index (χ2v) is 7.94. The van der Waals surface area contributed by atoms with Crippen molar-refractivity contribution in [3.8, 4) is 0 Å². The fourth-order valence-corrected chi connectivity index (χ4v) is 4.18. The van der Waals surface area contributed by atoms with E-state index >= 15 is 0 Å². The highest BCUT2D eigenvalue weighted by atomic mass is 16.4. The molecule has 2 N–H and O–H groups in total. The molecule has 1 aromatic heterocycles. The van der Waals surface area contributed by atoms with Gasteiger partial charge in [0.1, 0.15) is 11.3 Å². The Balaban J connectivity index is 1.39. The second-order valence-electron chi connectivity index (χ2n) is 7.94. The first-order valence-corrected chi connectivity index (χ1v) is 9.75. The molecule has 144 valence electrons. The van der Waals surface area contributed by atoms with Crippen molar-refractivity contribution in [2.45, 2.75) is 51.1 Å². The fourth-order valence-electron chi connectivity index (χ4n) is 4.18. The van der Waals surface area contributed by atoms with Gasteiger partial charge in [-0.3, -0.25) is 14.5 Å². The average Bonchev–Trinajstić information content (AvgIpc) is 3.25. The zero-order chi connectivity index (χ0) is 19.0. The highest BCUT2D eigenvalue weighted by Crippen LogP contribution is 2.35. The minimum absolute atomic E-state index is 0.0928. The third-order valence-electron chi connectivity index (χ3n) is 5.75. The van der Waals surface area contributed by atoms with E-state index in [1.54, 1.807) is 6.07 Å². The van der Waals surface area contributed by atoms with Gasteiger partial charge >= 0.3 is 5.97 Å². The fraction of sp³-hybridized carbons (Fsp3) is 0.524. The van der Waals surface area contributed by atoms with E-state index in [9.17, 15) is 14.7 Å². The Morgan fingerprint density at radius 1 is 1.19 bits per heavy atom. The number of amides is 1. The van der Waals surface area contributed by atoms with Gasteiger partial charge in [-0.05, 0) is 62.8 Å². The highest BCUT2D eigenvalue weighted by Gasteiger charge is 2.38. The molecule has 1 saturated carbocycles. The summed E-state index contributed by atoms with van der Waals surface area (Å²) in [6.45, 7) is 3.41. The topological polar surface area (TPSA) is 82.8 Å². The van der Waals surface area contributed by atoms with E-state index in [0.29, 0.717) is 18.0 Å². The number of hydrogen-bond donors (Lipinski definition) is 2. The number of aryl methyl sites for hydroxylation is 1. The first kappa shape index (κ1) is 18.0. The number of carbonyl (C=O) groups is 2. The van der Waals surface area contributed by atoms with E-state index in [1.165, 1.54) is 12.8 Å². The van der Waals surface area contributed by atoms with Gasteiger partial charge in [-0.25, -0.2) is 0 Å². The second kappa shape index (κ2) is 7.35. The number of aliphatic carboxylic acids is 1. The van der Waals surface area contributed by atoms with E-state index in [4.69, 9.17) is 4.42 Å². The lowest BCUT2D eigenvalue weighted by Crippen LogP contribution is -2.44. The van der Waals surface area contributed by atoms with Crippen LogP contribution in [0.4, 0.5) is 0 Å². The van der Waals surface area contributed by atoms with Gasteiger partial charge in [-0.1, -0.05) is 0 Å². The number of likely N-dealkylation sites (tertiary alicyclic amines) is 1. The lowest BCUT2D eigenvalue weighted by atomic mass is 10.1. The maximum atomic E-state index is 12.6. The Kier molecular flexibility index (Phi) is 4.91. The van der Waals surface area contributed by atoms with Crippen molar-refractivity contribution in [3.05, 3.63) is 35.6 Å². The van der Waals surface area contributed by atoms with Crippen LogP contribution in [0.25, 0.3) is 11.0 Å². The molecule has 27 heavy (non-hydrogen) atoms. The first-order valence-electron chi connectivity index (χ1n) is 9.75. The molecule has 1 aliphatic carbocycles. The Morgan fingerprint density at radius 3 is 2.70 bits per heavy atom. The zero-order valence-corrected chi connectivity index (χ0v) is 15.6. The van der Waals surface area contributed by atoms with Gasteiger partial charge in [0.05, 0.1) is 6.42 Å². The van der Waals surface area contributed by atoms with E-state index in [2.05, 4.69) is 10.2 Å². The smallest absolute Gasteiger partial charge is 0.304 e. The van der Waals surface area contributed by atoms with Crippen LogP contribution in [0.3, 0.4) is 0 Å². The summed E-state index contributed by atoms with van der Waals surface area (Å²) in [4.78, 5) is 26.1. The Bertz CT molecular complexity index is 855. The van der Waals surface area contributed by atoms with Gasteiger partial charge in [0, 0.05) is 36.1 Å². The van der Waals surface area contributed by atoms with Crippen molar-refractivity contribution in [2.24, 2.45) is 5.92 Å². The molecule has 2 heterocycles. The number of hydrogen-bond acceptors (Lipinski definition) is 4. The molecule has 6 nitrogen and oxygen atoms in total. The quantitative estimate of drug-likeness (QED) is 0.782. The van der Waals surface area contributed by atoms with Gasteiger partial charge in [0.2, 0.25) is 0 Å². The van der Waals surface area contributed by atoms with Crippen LogP contribution in [-0.2, 0) is 4.79 Å². The van der Waals surface area contributed by atoms with Gasteiger partial charge in [0.25, 0.3) is 5.91 Å². The summed E-state index contributed by atoms with van der Waals surface area (Å²) in [6, 6.07) is 7.70. The number of furan rings is 1. The van der Waals surface area contributed by atoms with E-state index in [0.717, 1.165) is 36.1 Å². The molecule has 1 saturated heterocycles. The summed E-state index contributed by atoms with van der Waals surface area (Å²) < 4.78 is 5.56. The minimum atomic E-state index is -0.741. The molecule has 0 bridgehead atoms. The van der Waals surface area contributed by atoms with E-state index in [1.807, 2.05) is 25.1 Å². The number of benzene rings is 1. The maximum absolute atomic E-state index is 12.6. The van der Waals surface area contributed by atoms with E-state index < -0.39 is 5.97 Å². The number of rotatable bonds is 7. The zero-order valence-electron chi connectivity index (χ0n) is 15.6. The third kappa shape index (κ3) is 4.16. The molecule has 1 aromatic carbocycles. The molecule has 2 atom stereocenters. The summed E-state index contributed by atoms with van der Waals surface area (Å²) >= 11 is 0. The first-order chi connectivity index (χ1) is 13.0. The normalized spacial score (nSPS) is 23.0. The van der Waals surface area contributed by atoms with Crippen LogP contribution < -0.4 is 5.32 Å². The lowest BCUT2D eigenvalue weighted by Gasteiger charge is -2.29. The predicted octanol–water partition coefficient (Wildman–Crippen LogP) is 3.19. The number of nitrogens with one attached hydrogen (secondary N) is 1. The van der Waals surface area contributed by atoms with Gasteiger partial charge in [-0.15, -0.1) is 0 Å². The van der Waals surface area contributed by atoms with Crippen LogP contribution in [0, 0.1) is 12.8 Å². The SMILES string of the molecule is Cc1cc2cc(C(=O)NC[C@@H]3CC[C@H](CC(=O)O)N3CC3CC3)ccc2o1. The Labute approximate surface area is 158 Å². The standard InChI is InChI=1S/C21H26N2O4/c1-13-8-16-9-15(4-7-19(16)27-13)21(26)22-11-18-6-5-17(10-20(24)25)23(18)12-14-2-3-14/h4,7-9,14,17-18H,2-3,5-6,10-12H2,1H3,(H,22,26)(H,24,25)/t17-,18+/m1/s1. The van der Waals surface area contributed by atoms with Crippen LogP contribution in [-0.4, -0.2) is 47.1 Å². The molecule has 0 spiro atoms.